The normalized spacial score (nSPS) is 11.6. The Morgan fingerprint density at radius 3 is 2.54 bits per heavy atom. The average molecular weight is 365 g/mol. The molecule has 3 aromatic rings. The molecular formula is C16H14F3N5O2. The number of carbonyl (C=O) groups is 1. The van der Waals surface area contributed by atoms with Crippen LogP contribution in [0.5, 0.6) is 0 Å². The summed E-state index contributed by atoms with van der Waals surface area (Å²) in [5.74, 6) is -0.674. The summed E-state index contributed by atoms with van der Waals surface area (Å²) in [5.41, 5.74) is 0.228. The number of esters is 1. The summed E-state index contributed by atoms with van der Waals surface area (Å²) in [7, 11) is 1.41. The maximum atomic E-state index is 13.0. The minimum atomic E-state index is -4.56. The van der Waals surface area contributed by atoms with E-state index < -0.39 is 17.8 Å². The van der Waals surface area contributed by atoms with Crippen LogP contribution in [0.4, 0.5) is 13.2 Å². The number of aromatic amines is 1. The Bertz CT molecular complexity index is 946. The first-order valence-electron chi connectivity index (χ1n) is 7.61. The number of rotatable bonds is 4. The quantitative estimate of drug-likeness (QED) is 0.718. The Labute approximate surface area is 145 Å². The largest absolute Gasteiger partial charge is 0.461 e. The van der Waals surface area contributed by atoms with E-state index in [1.54, 1.807) is 31.2 Å². The molecule has 7 nitrogen and oxygen atoms in total. The van der Waals surface area contributed by atoms with Crippen molar-refractivity contribution in [3.05, 3.63) is 41.7 Å². The highest BCUT2D eigenvalue weighted by Crippen LogP contribution is 2.35. The third-order valence-electron chi connectivity index (χ3n) is 3.65. The van der Waals surface area contributed by atoms with E-state index in [4.69, 9.17) is 4.74 Å². The molecule has 0 saturated heterocycles. The topological polar surface area (TPSA) is 85.7 Å². The molecule has 0 aliphatic heterocycles. The predicted octanol–water partition coefficient (Wildman–Crippen LogP) is 3.07. The molecule has 2 heterocycles. The zero-order chi connectivity index (χ0) is 18.9. The monoisotopic (exact) mass is 365 g/mol. The van der Waals surface area contributed by atoms with Gasteiger partial charge >= 0.3 is 12.1 Å². The lowest BCUT2D eigenvalue weighted by Gasteiger charge is -2.08. The summed E-state index contributed by atoms with van der Waals surface area (Å²) < 4.78 is 45.0. The van der Waals surface area contributed by atoms with Crippen LogP contribution < -0.4 is 0 Å². The number of H-pyrrole nitrogens is 1. The van der Waals surface area contributed by atoms with Crippen molar-refractivity contribution < 1.29 is 22.7 Å². The third-order valence-corrected chi connectivity index (χ3v) is 3.65. The number of nitrogens with one attached hydrogen (secondary N) is 1. The van der Waals surface area contributed by atoms with Crippen molar-refractivity contribution in [3.8, 4) is 22.5 Å². The van der Waals surface area contributed by atoms with Crippen LogP contribution in [0.15, 0.2) is 30.3 Å². The van der Waals surface area contributed by atoms with Gasteiger partial charge in [0.25, 0.3) is 0 Å². The van der Waals surface area contributed by atoms with Gasteiger partial charge in [0, 0.05) is 18.2 Å². The van der Waals surface area contributed by atoms with Crippen molar-refractivity contribution in [1.29, 1.82) is 0 Å². The number of nitrogens with zero attached hydrogens (tertiary/aromatic N) is 4. The van der Waals surface area contributed by atoms with Gasteiger partial charge in [0.05, 0.1) is 12.3 Å². The Kier molecular flexibility index (Phi) is 4.49. The number of alkyl halides is 3. The maximum absolute atomic E-state index is 13.0. The molecule has 10 heteroatoms. The minimum absolute atomic E-state index is 0.0440. The molecule has 0 amide bonds. The van der Waals surface area contributed by atoms with Crippen LogP contribution in [0.1, 0.15) is 23.1 Å². The van der Waals surface area contributed by atoms with Crippen molar-refractivity contribution in [1.82, 2.24) is 25.2 Å². The second-order valence-electron chi connectivity index (χ2n) is 5.32. The molecule has 0 aliphatic rings. The van der Waals surface area contributed by atoms with Gasteiger partial charge in [0.15, 0.2) is 11.4 Å². The Morgan fingerprint density at radius 2 is 1.92 bits per heavy atom. The third kappa shape index (κ3) is 3.17. The molecule has 1 aromatic carbocycles. The van der Waals surface area contributed by atoms with Crippen LogP contribution in [0, 0.1) is 0 Å². The predicted molar refractivity (Wildman–Crippen MR) is 85.0 cm³/mol. The molecule has 1 N–H and O–H groups in total. The Morgan fingerprint density at radius 1 is 1.23 bits per heavy atom. The number of benzene rings is 1. The zero-order valence-electron chi connectivity index (χ0n) is 13.8. The van der Waals surface area contributed by atoms with Crippen molar-refractivity contribution in [3.63, 3.8) is 0 Å². The van der Waals surface area contributed by atoms with E-state index in [1.165, 1.54) is 7.05 Å². The number of aromatic nitrogens is 5. The molecule has 0 radical (unpaired) electrons. The van der Waals surface area contributed by atoms with Crippen molar-refractivity contribution >= 4 is 5.97 Å². The summed E-state index contributed by atoms with van der Waals surface area (Å²) in [6.45, 7) is 1.81. The van der Waals surface area contributed by atoms with Crippen molar-refractivity contribution in [2.45, 2.75) is 13.1 Å². The molecule has 0 aliphatic carbocycles. The lowest BCUT2D eigenvalue weighted by molar-refractivity contribution is -0.141. The standard InChI is InChI=1S/C16H14F3N5O2/c1-3-26-15(25)14-13(20-23-21-14)10-7-5-4-6-9(10)11-8-12(16(17,18)19)22-24(11)2/h4-8H,3H2,1-2H3,(H,20,21,23). The van der Waals surface area contributed by atoms with Gasteiger partial charge in [-0.15, -0.1) is 5.10 Å². The number of hydrogen-bond acceptors (Lipinski definition) is 5. The molecule has 0 fully saturated rings. The fourth-order valence-electron chi connectivity index (χ4n) is 2.53. The van der Waals surface area contributed by atoms with Crippen LogP contribution in [0.3, 0.4) is 0 Å². The molecule has 0 atom stereocenters. The smallest absolute Gasteiger partial charge is 0.435 e. The summed E-state index contributed by atoms with van der Waals surface area (Å²) in [6.07, 6.45) is -4.56. The summed E-state index contributed by atoms with van der Waals surface area (Å²) in [5, 5.41) is 13.7. The fourth-order valence-corrected chi connectivity index (χ4v) is 2.53. The lowest BCUT2D eigenvalue weighted by Crippen LogP contribution is -2.07. The van der Waals surface area contributed by atoms with Gasteiger partial charge in [-0.2, -0.15) is 28.6 Å². The number of aryl methyl sites for hydroxylation is 1. The van der Waals surface area contributed by atoms with Gasteiger partial charge in [-0.25, -0.2) is 4.79 Å². The van der Waals surface area contributed by atoms with Crippen LogP contribution in [-0.2, 0) is 18.0 Å². The minimum Gasteiger partial charge on any atom is -0.461 e. The van der Waals surface area contributed by atoms with Gasteiger partial charge < -0.3 is 4.74 Å². The highest BCUT2D eigenvalue weighted by Gasteiger charge is 2.35. The number of carbonyl (C=O) groups excluding carboxylic acids is 1. The van der Waals surface area contributed by atoms with E-state index in [0.717, 1.165) is 10.7 Å². The highest BCUT2D eigenvalue weighted by atomic mass is 19.4. The maximum Gasteiger partial charge on any atom is 0.435 e. The van der Waals surface area contributed by atoms with Crippen LogP contribution >= 0.6 is 0 Å². The Balaban J connectivity index is 2.14. The van der Waals surface area contributed by atoms with Crippen LogP contribution in [0.2, 0.25) is 0 Å². The molecule has 0 spiro atoms. The van der Waals surface area contributed by atoms with Gasteiger partial charge in [0.1, 0.15) is 5.69 Å². The van der Waals surface area contributed by atoms with Crippen LogP contribution in [-0.4, -0.2) is 37.8 Å². The molecule has 3 rings (SSSR count). The van der Waals surface area contributed by atoms with Gasteiger partial charge in [-0.1, -0.05) is 24.3 Å². The summed E-state index contributed by atoms with van der Waals surface area (Å²) >= 11 is 0. The van der Waals surface area contributed by atoms with E-state index in [-0.39, 0.29) is 23.7 Å². The summed E-state index contributed by atoms with van der Waals surface area (Å²) in [6, 6.07) is 7.56. The SMILES string of the molecule is CCOC(=O)c1n[nH]nc1-c1ccccc1-c1cc(C(F)(F)F)nn1C. The van der Waals surface area contributed by atoms with Gasteiger partial charge in [-0.05, 0) is 13.0 Å². The molecule has 0 saturated carbocycles. The van der Waals surface area contributed by atoms with Gasteiger partial charge in [0.2, 0.25) is 0 Å². The number of hydrogen-bond donors (Lipinski definition) is 1. The second kappa shape index (κ2) is 6.62. The zero-order valence-corrected chi connectivity index (χ0v) is 13.8. The van der Waals surface area contributed by atoms with E-state index >= 15 is 0 Å². The van der Waals surface area contributed by atoms with Crippen molar-refractivity contribution in [2.75, 3.05) is 6.61 Å². The number of halogens is 3. The van der Waals surface area contributed by atoms with Crippen molar-refractivity contribution in [2.24, 2.45) is 7.05 Å². The van der Waals surface area contributed by atoms with E-state index in [9.17, 15) is 18.0 Å². The highest BCUT2D eigenvalue weighted by molar-refractivity contribution is 5.96. The number of ether oxygens (including phenoxy) is 1. The van der Waals surface area contributed by atoms with Gasteiger partial charge in [-0.3, -0.25) is 4.68 Å². The van der Waals surface area contributed by atoms with Crippen LogP contribution in [0.25, 0.3) is 22.5 Å². The van der Waals surface area contributed by atoms with E-state index in [0.29, 0.717) is 11.1 Å². The lowest BCUT2D eigenvalue weighted by atomic mass is 10.00. The molecule has 136 valence electrons. The molecule has 26 heavy (non-hydrogen) atoms. The molecule has 2 aromatic heterocycles. The summed E-state index contributed by atoms with van der Waals surface area (Å²) in [4.78, 5) is 12.0. The van der Waals surface area contributed by atoms with E-state index in [2.05, 4.69) is 20.5 Å². The average Bonchev–Trinajstić information content (AvgIpc) is 3.21. The Hall–Kier alpha value is -3.17. The molecule has 0 unspecified atom stereocenters. The van der Waals surface area contributed by atoms with E-state index in [1.807, 2.05) is 0 Å². The fraction of sp³-hybridized carbons (Fsp3) is 0.250. The first-order chi connectivity index (χ1) is 12.3. The second-order valence-corrected chi connectivity index (χ2v) is 5.32. The first kappa shape index (κ1) is 17.6. The first-order valence-corrected chi connectivity index (χ1v) is 7.61. The molecule has 0 bridgehead atoms. The molecular weight excluding hydrogens is 351 g/mol.